The maximum atomic E-state index is 11.5. The van der Waals surface area contributed by atoms with Gasteiger partial charge in [-0.05, 0) is 29.1 Å². The van der Waals surface area contributed by atoms with E-state index >= 15 is 0 Å². The molecule has 0 unspecified atom stereocenters. The molecule has 0 aromatic heterocycles. The van der Waals surface area contributed by atoms with Crippen LogP contribution in [0.2, 0.25) is 0 Å². The standard InChI is InChI=1S/C11H12N2O6S2/c12-5-6-3-7(20(14,15)16)4-9-8(6)1-2-10(13)11(9)21(17,18)19/h1-4H,5,12-13H2,(H,14,15,16)(H,17,18,19). The molecule has 0 saturated heterocycles. The number of anilines is 1. The van der Waals surface area contributed by atoms with E-state index in [2.05, 4.69) is 0 Å². The fraction of sp³-hybridized carbons (Fsp3) is 0.0909. The van der Waals surface area contributed by atoms with Crippen molar-refractivity contribution in [2.75, 3.05) is 5.73 Å². The molecule has 0 amide bonds. The Morgan fingerprint density at radius 1 is 0.952 bits per heavy atom. The highest BCUT2D eigenvalue weighted by Crippen LogP contribution is 2.32. The van der Waals surface area contributed by atoms with Crippen LogP contribution in [0.1, 0.15) is 5.56 Å². The van der Waals surface area contributed by atoms with Crippen molar-refractivity contribution in [3.05, 3.63) is 29.8 Å². The summed E-state index contributed by atoms with van der Waals surface area (Å²) in [5.74, 6) is 0. The van der Waals surface area contributed by atoms with Crippen LogP contribution in [0, 0.1) is 0 Å². The minimum absolute atomic E-state index is 0.102. The normalized spacial score (nSPS) is 12.7. The summed E-state index contributed by atoms with van der Waals surface area (Å²) in [6.07, 6.45) is 0. The smallest absolute Gasteiger partial charge is 0.297 e. The Morgan fingerprint density at radius 2 is 1.57 bits per heavy atom. The number of nitrogens with two attached hydrogens (primary N) is 2. The average Bonchev–Trinajstić information content (AvgIpc) is 2.34. The summed E-state index contributed by atoms with van der Waals surface area (Å²) in [4.78, 5) is -1.16. The molecule has 114 valence electrons. The van der Waals surface area contributed by atoms with Gasteiger partial charge in [-0.3, -0.25) is 9.11 Å². The van der Waals surface area contributed by atoms with Crippen molar-refractivity contribution in [3.63, 3.8) is 0 Å². The van der Waals surface area contributed by atoms with Crippen molar-refractivity contribution >= 4 is 36.7 Å². The summed E-state index contributed by atoms with van der Waals surface area (Å²) < 4.78 is 63.8. The molecule has 0 bridgehead atoms. The first-order valence-corrected chi connectivity index (χ1v) is 8.44. The van der Waals surface area contributed by atoms with Crippen molar-refractivity contribution in [2.24, 2.45) is 5.73 Å². The lowest BCUT2D eigenvalue weighted by molar-refractivity contribution is 0.480. The number of benzene rings is 2. The molecule has 0 saturated carbocycles. The van der Waals surface area contributed by atoms with Crippen molar-refractivity contribution in [2.45, 2.75) is 16.3 Å². The molecule has 0 heterocycles. The van der Waals surface area contributed by atoms with E-state index in [0.29, 0.717) is 5.39 Å². The zero-order valence-electron chi connectivity index (χ0n) is 10.5. The van der Waals surface area contributed by atoms with Crippen LogP contribution < -0.4 is 11.5 Å². The zero-order valence-corrected chi connectivity index (χ0v) is 12.1. The Balaban J connectivity index is 3.09. The van der Waals surface area contributed by atoms with Gasteiger partial charge in [0.15, 0.2) is 0 Å². The predicted octanol–water partition coefficient (Wildman–Crippen LogP) is 0.374. The van der Waals surface area contributed by atoms with Crippen molar-refractivity contribution < 1.29 is 25.9 Å². The molecule has 2 rings (SSSR count). The van der Waals surface area contributed by atoms with E-state index in [0.717, 1.165) is 12.1 Å². The third-order valence-electron chi connectivity index (χ3n) is 2.95. The van der Waals surface area contributed by atoms with Crippen LogP contribution in [0.5, 0.6) is 0 Å². The Bertz CT molecular complexity index is 935. The summed E-state index contributed by atoms with van der Waals surface area (Å²) in [5, 5.41) is 0.180. The molecule has 2 aromatic rings. The number of nitrogen functional groups attached to an aromatic ring is 1. The van der Waals surface area contributed by atoms with Crippen molar-refractivity contribution in [3.8, 4) is 0 Å². The summed E-state index contributed by atoms with van der Waals surface area (Å²) in [7, 11) is -9.26. The first-order valence-electron chi connectivity index (χ1n) is 5.56. The zero-order chi connectivity index (χ0) is 16.0. The number of hydrogen-bond donors (Lipinski definition) is 4. The fourth-order valence-corrected chi connectivity index (χ4v) is 3.45. The second-order valence-corrected chi connectivity index (χ2v) is 7.10. The summed E-state index contributed by atoms with van der Waals surface area (Å²) in [5.41, 5.74) is 11.1. The van der Waals surface area contributed by atoms with E-state index in [1.807, 2.05) is 0 Å². The van der Waals surface area contributed by atoms with Crippen LogP contribution in [0.25, 0.3) is 10.8 Å². The molecule has 10 heteroatoms. The van der Waals surface area contributed by atoms with E-state index in [4.69, 9.17) is 16.0 Å². The Kier molecular flexibility index (Phi) is 3.68. The first-order chi connectivity index (χ1) is 9.55. The lowest BCUT2D eigenvalue weighted by Gasteiger charge is -2.12. The minimum atomic E-state index is -4.69. The first kappa shape index (κ1) is 15.7. The Morgan fingerprint density at radius 3 is 2.05 bits per heavy atom. The highest BCUT2D eigenvalue weighted by Gasteiger charge is 2.22. The number of fused-ring (bicyclic) bond motifs is 1. The SMILES string of the molecule is NCc1cc(S(=O)(=O)O)cc2c(S(=O)(=O)O)c(N)ccc12. The number of hydrogen-bond acceptors (Lipinski definition) is 6. The topological polar surface area (TPSA) is 161 Å². The maximum absolute atomic E-state index is 11.5. The molecule has 0 aliphatic rings. The Hall–Kier alpha value is -1.72. The molecule has 0 aliphatic heterocycles. The highest BCUT2D eigenvalue weighted by molar-refractivity contribution is 7.86. The lowest BCUT2D eigenvalue weighted by atomic mass is 10.0. The quantitative estimate of drug-likeness (QED) is 0.463. The summed E-state index contributed by atoms with van der Waals surface area (Å²) >= 11 is 0. The van der Waals surface area contributed by atoms with Gasteiger partial charge in [-0.2, -0.15) is 16.8 Å². The van der Waals surface area contributed by atoms with Gasteiger partial charge < -0.3 is 11.5 Å². The van der Waals surface area contributed by atoms with Gasteiger partial charge in [-0.15, -0.1) is 0 Å². The lowest BCUT2D eigenvalue weighted by Crippen LogP contribution is -2.08. The molecule has 0 aliphatic carbocycles. The summed E-state index contributed by atoms with van der Waals surface area (Å²) in [6.45, 7) is -0.102. The van der Waals surface area contributed by atoms with Crippen LogP contribution in [0.15, 0.2) is 34.1 Å². The van der Waals surface area contributed by atoms with Crippen LogP contribution in [0.4, 0.5) is 5.69 Å². The minimum Gasteiger partial charge on any atom is -0.398 e. The predicted molar refractivity (Wildman–Crippen MR) is 75.9 cm³/mol. The van der Waals surface area contributed by atoms with Gasteiger partial charge in [0, 0.05) is 11.9 Å². The largest absolute Gasteiger partial charge is 0.398 e. The van der Waals surface area contributed by atoms with Crippen LogP contribution in [0.3, 0.4) is 0 Å². The van der Waals surface area contributed by atoms with E-state index < -0.39 is 30.0 Å². The average molecular weight is 332 g/mol. The molecule has 2 aromatic carbocycles. The molecule has 21 heavy (non-hydrogen) atoms. The van der Waals surface area contributed by atoms with E-state index in [9.17, 15) is 21.4 Å². The van der Waals surface area contributed by atoms with Crippen molar-refractivity contribution in [1.82, 2.24) is 0 Å². The van der Waals surface area contributed by atoms with Crippen LogP contribution in [-0.4, -0.2) is 25.9 Å². The van der Waals surface area contributed by atoms with Gasteiger partial charge in [0.25, 0.3) is 20.2 Å². The third kappa shape index (κ3) is 2.84. The van der Waals surface area contributed by atoms with Gasteiger partial charge >= 0.3 is 0 Å². The van der Waals surface area contributed by atoms with Gasteiger partial charge in [-0.25, -0.2) is 0 Å². The molecule has 8 nitrogen and oxygen atoms in total. The second kappa shape index (κ2) is 4.93. The van der Waals surface area contributed by atoms with E-state index in [-0.39, 0.29) is 23.2 Å². The molecule has 0 fully saturated rings. The molecule has 0 radical (unpaired) electrons. The maximum Gasteiger partial charge on any atom is 0.297 e. The van der Waals surface area contributed by atoms with Crippen LogP contribution in [-0.2, 0) is 26.8 Å². The second-order valence-electron chi connectivity index (χ2n) is 4.32. The molecule has 0 spiro atoms. The Labute approximate surface area is 120 Å². The van der Waals surface area contributed by atoms with E-state index in [1.54, 1.807) is 0 Å². The van der Waals surface area contributed by atoms with Gasteiger partial charge in [0.1, 0.15) is 4.90 Å². The monoisotopic (exact) mass is 332 g/mol. The number of rotatable bonds is 3. The molecule has 0 atom stereocenters. The van der Waals surface area contributed by atoms with Crippen LogP contribution >= 0.6 is 0 Å². The molecular formula is C11H12N2O6S2. The van der Waals surface area contributed by atoms with Gasteiger partial charge in [0.2, 0.25) is 0 Å². The molecule has 6 N–H and O–H groups in total. The van der Waals surface area contributed by atoms with Crippen molar-refractivity contribution in [1.29, 1.82) is 0 Å². The highest BCUT2D eigenvalue weighted by atomic mass is 32.2. The van der Waals surface area contributed by atoms with E-state index in [1.165, 1.54) is 12.1 Å². The summed E-state index contributed by atoms with van der Waals surface area (Å²) in [6, 6.07) is 4.76. The molecular weight excluding hydrogens is 320 g/mol. The van der Waals surface area contributed by atoms with Gasteiger partial charge in [-0.1, -0.05) is 6.07 Å². The van der Waals surface area contributed by atoms with Gasteiger partial charge in [0.05, 0.1) is 10.6 Å². The fourth-order valence-electron chi connectivity index (χ4n) is 2.08. The third-order valence-corrected chi connectivity index (χ3v) is 4.75.